The average molecular weight is 394 g/mol. The summed E-state index contributed by atoms with van der Waals surface area (Å²) in [6.45, 7) is -3.41. The molecule has 2 nitrogen and oxygen atoms in total. The summed E-state index contributed by atoms with van der Waals surface area (Å²) in [4.78, 5) is 0. The van der Waals surface area contributed by atoms with E-state index in [0.717, 1.165) is 11.0 Å². The molecule has 0 bridgehead atoms. The van der Waals surface area contributed by atoms with Crippen LogP contribution in [0.5, 0.6) is 0 Å². The van der Waals surface area contributed by atoms with Crippen molar-refractivity contribution in [1.29, 1.82) is 0 Å². The number of fused-ring (bicyclic) bond motifs is 3. The molecule has 0 aliphatic carbocycles. The van der Waals surface area contributed by atoms with Crippen molar-refractivity contribution < 1.29 is 8.83 Å². The van der Waals surface area contributed by atoms with E-state index in [4.69, 9.17) is 8.83 Å². The maximum atomic E-state index is 6.31. The molecule has 140 valence electrons. The first-order valence-corrected chi connectivity index (χ1v) is 12.0. The Hall–Kier alpha value is -3.35. The molecule has 0 fully saturated rings. The molecular formula is C26H19O2P. The zero-order valence-electron chi connectivity index (χ0n) is 15.7. The Morgan fingerprint density at radius 2 is 0.931 bits per heavy atom. The predicted octanol–water partition coefficient (Wildman–Crippen LogP) is 4.33. The van der Waals surface area contributed by atoms with Crippen LogP contribution in [0.2, 0.25) is 0 Å². The van der Waals surface area contributed by atoms with Crippen molar-refractivity contribution in [3.8, 4) is 11.1 Å². The molecule has 3 heteroatoms. The number of hydrogen-bond donors (Lipinski definition) is 0. The van der Waals surface area contributed by atoms with Crippen LogP contribution >= 0.6 is 6.60 Å². The van der Waals surface area contributed by atoms with Gasteiger partial charge >= 0.3 is 169 Å². The van der Waals surface area contributed by atoms with Gasteiger partial charge in [-0.05, 0) is 0 Å². The molecule has 6 rings (SSSR count). The van der Waals surface area contributed by atoms with Crippen LogP contribution in [0.3, 0.4) is 0 Å². The van der Waals surface area contributed by atoms with Gasteiger partial charge in [0.05, 0.1) is 0 Å². The van der Waals surface area contributed by atoms with Gasteiger partial charge in [0.25, 0.3) is 0 Å². The van der Waals surface area contributed by atoms with E-state index in [-0.39, 0.29) is 0 Å². The summed E-state index contributed by atoms with van der Waals surface area (Å²) >= 11 is 0. The molecule has 0 saturated carbocycles. The van der Waals surface area contributed by atoms with Crippen molar-refractivity contribution in [1.82, 2.24) is 0 Å². The van der Waals surface area contributed by atoms with E-state index in [2.05, 4.69) is 91.0 Å². The van der Waals surface area contributed by atoms with Gasteiger partial charge in [-0.3, -0.25) is 0 Å². The minimum atomic E-state index is -3.41. The SMILES string of the molecule is c1ccc(P2(c3ccco3)(c3ccco3)c3ccccc3-c3ccccc32)cc1. The van der Waals surface area contributed by atoms with Gasteiger partial charge in [-0.25, -0.2) is 0 Å². The average Bonchev–Trinajstić information content (AvgIpc) is 3.55. The van der Waals surface area contributed by atoms with Crippen molar-refractivity contribution >= 4 is 33.5 Å². The summed E-state index contributed by atoms with van der Waals surface area (Å²) in [6, 6.07) is 36.4. The molecule has 0 unspecified atom stereocenters. The molecular weight excluding hydrogens is 375 g/mol. The van der Waals surface area contributed by atoms with Gasteiger partial charge in [-0.2, -0.15) is 0 Å². The standard InChI is InChI=1S/C26H19O2P/c1-2-10-20(11-3-1)29(25-16-8-18-27-25,26-17-9-19-28-26)23-14-6-4-12-21(23)22-13-5-7-15-24(22)29/h1-19H. The zero-order valence-corrected chi connectivity index (χ0v) is 16.6. The van der Waals surface area contributed by atoms with E-state index in [1.807, 2.05) is 12.1 Å². The van der Waals surface area contributed by atoms with Crippen LogP contribution in [0.4, 0.5) is 0 Å². The quantitative estimate of drug-likeness (QED) is 0.418. The zero-order chi connectivity index (χ0) is 19.3. The monoisotopic (exact) mass is 394 g/mol. The molecule has 2 aromatic heterocycles. The van der Waals surface area contributed by atoms with Gasteiger partial charge in [0, 0.05) is 0 Å². The Kier molecular flexibility index (Phi) is 3.33. The van der Waals surface area contributed by atoms with E-state index in [0.29, 0.717) is 0 Å². The fourth-order valence-corrected chi connectivity index (χ4v) is 11.9. The molecule has 1 aliphatic rings. The van der Waals surface area contributed by atoms with Crippen LogP contribution in [0, 0.1) is 0 Å². The van der Waals surface area contributed by atoms with Gasteiger partial charge in [-0.15, -0.1) is 0 Å². The molecule has 3 aromatic carbocycles. The topological polar surface area (TPSA) is 26.3 Å². The number of furan rings is 2. The Morgan fingerprint density at radius 1 is 0.448 bits per heavy atom. The fraction of sp³-hybridized carbons (Fsp3) is 0. The molecule has 29 heavy (non-hydrogen) atoms. The van der Waals surface area contributed by atoms with Gasteiger partial charge < -0.3 is 0 Å². The Morgan fingerprint density at radius 3 is 1.41 bits per heavy atom. The Bertz CT molecular complexity index is 1220. The molecule has 3 heterocycles. The van der Waals surface area contributed by atoms with Gasteiger partial charge in [0.15, 0.2) is 0 Å². The van der Waals surface area contributed by atoms with Crippen molar-refractivity contribution in [2.45, 2.75) is 0 Å². The third-order valence-electron chi connectivity index (χ3n) is 6.23. The summed E-state index contributed by atoms with van der Waals surface area (Å²) < 4.78 is 12.6. The predicted molar refractivity (Wildman–Crippen MR) is 121 cm³/mol. The summed E-state index contributed by atoms with van der Waals surface area (Å²) in [5.41, 5.74) is 4.40. The van der Waals surface area contributed by atoms with Crippen LogP contribution in [-0.4, -0.2) is 0 Å². The van der Waals surface area contributed by atoms with Crippen molar-refractivity contribution in [2.75, 3.05) is 0 Å². The van der Waals surface area contributed by atoms with Crippen molar-refractivity contribution in [3.05, 3.63) is 116 Å². The van der Waals surface area contributed by atoms with Crippen LogP contribution < -0.4 is 26.9 Å². The van der Waals surface area contributed by atoms with E-state index in [1.54, 1.807) is 12.5 Å². The first-order valence-electron chi connectivity index (χ1n) is 9.72. The van der Waals surface area contributed by atoms with E-state index < -0.39 is 6.60 Å². The Balaban J connectivity index is 1.99. The molecule has 1 aliphatic heterocycles. The second kappa shape index (κ2) is 5.83. The summed E-state index contributed by atoms with van der Waals surface area (Å²) in [5, 5.41) is 3.77. The van der Waals surface area contributed by atoms with Crippen LogP contribution in [0.25, 0.3) is 11.1 Å². The molecule has 0 spiro atoms. The molecule has 0 N–H and O–H groups in total. The second-order valence-corrected chi connectivity index (χ2v) is 12.0. The number of hydrogen-bond acceptors (Lipinski definition) is 2. The Labute approximate surface area is 169 Å². The van der Waals surface area contributed by atoms with E-state index >= 15 is 0 Å². The first kappa shape index (κ1) is 16.6. The number of rotatable bonds is 3. The third-order valence-corrected chi connectivity index (χ3v) is 12.5. The maximum absolute atomic E-state index is 6.31. The van der Waals surface area contributed by atoms with Crippen molar-refractivity contribution in [2.24, 2.45) is 0 Å². The van der Waals surface area contributed by atoms with Gasteiger partial charge in [-0.1, -0.05) is 0 Å². The fourth-order valence-electron chi connectivity index (χ4n) is 5.20. The van der Waals surface area contributed by atoms with Crippen LogP contribution in [0.15, 0.2) is 124 Å². The van der Waals surface area contributed by atoms with Gasteiger partial charge in [0.1, 0.15) is 0 Å². The normalized spacial score (nSPS) is 17.0. The summed E-state index contributed by atoms with van der Waals surface area (Å²) in [7, 11) is 0. The molecule has 0 amide bonds. The number of benzene rings is 3. The summed E-state index contributed by atoms with van der Waals surface area (Å²) in [6.07, 6.45) is 3.55. The van der Waals surface area contributed by atoms with Gasteiger partial charge in [0.2, 0.25) is 0 Å². The van der Waals surface area contributed by atoms with E-state index in [1.165, 1.54) is 27.0 Å². The minimum absolute atomic E-state index is 0.953. The third kappa shape index (κ3) is 1.76. The van der Waals surface area contributed by atoms with Crippen LogP contribution in [0.1, 0.15) is 0 Å². The molecule has 0 atom stereocenters. The first-order chi connectivity index (χ1) is 14.4. The molecule has 0 saturated heterocycles. The second-order valence-electron chi connectivity index (χ2n) is 7.39. The molecule has 0 radical (unpaired) electrons. The summed E-state index contributed by atoms with van der Waals surface area (Å²) in [5.74, 6) is 0. The van der Waals surface area contributed by atoms with E-state index in [9.17, 15) is 0 Å². The van der Waals surface area contributed by atoms with Crippen LogP contribution in [-0.2, 0) is 0 Å². The molecule has 5 aromatic rings. The van der Waals surface area contributed by atoms with Crippen molar-refractivity contribution in [3.63, 3.8) is 0 Å².